The fourth-order valence-electron chi connectivity index (χ4n) is 2.68. The molecule has 0 amide bonds. The Morgan fingerprint density at radius 3 is 2.75 bits per heavy atom. The van der Waals surface area contributed by atoms with Gasteiger partial charge in [-0.25, -0.2) is 9.78 Å². The fraction of sp³-hybridized carbons (Fsp3) is 0.263. The zero-order chi connectivity index (χ0) is 17.1. The highest BCUT2D eigenvalue weighted by Gasteiger charge is 2.12. The van der Waals surface area contributed by atoms with E-state index in [0.717, 1.165) is 16.6 Å². The monoisotopic (exact) mass is 324 g/mol. The molecule has 2 aromatic carbocycles. The van der Waals surface area contributed by atoms with Crippen molar-refractivity contribution in [3.8, 4) is 0 Å². The average molecular weight is 324 g/mol. The van der Waals surface area contributed by atoms with E-state index in [-0.39, 0.29) is 18.7 Å². The molecule has 1 N–H and O–H groups in total. The molecule has 0 aliphatic heterocycles. The lowest BCUT2D eigenvalue weighted by atomic mass is 10.1. The van der Waals surface area contributed by atoms with Crippen LogP contribution in [0.2, 0.25) is 0 Å². The number of fused-ring (bicyclic) bond motifs is 1. The molecule has 1 aromatic heterocycles. The molecule has 5 nitrogen and oxygen atoms in total. The van der Waals surface area contributed by atoms with Gasteiger partial charge in [-0.1, -0.05) is 24.3 Å². The summed E-state index contributed by atoms with van der Waals surface area (Å²) in [5.74, 6) is 0.274. The van der Waals surface area contributed by atoms with Crippen LogP contribution in [0.25, 0.3) is 11.0 Å². The smallest absolute Gasteiger partial charge is 0.338 e. The molecule has 0 unspecified atom stereocenters. The van der Waals surface area contributed by atoms with Crippen molar-refractivity contribution in [2.75, 3.05) is 0 Å². The van der Waals surface area contributed by atoms with Gasteiger partial charge in [0.05, 0.1) is 22.7 Å². The van der Waals surface area contributed by atoms with E-state index in [0.29, 0.717) is 17.9 Å². The molecule has 3 rings (SSSR count). The standard InChI is InChI=1S/C19H20N2O3/c1-13(2)24-19(23)15-7-5-6-14(10-15)11-21-17-9-4-3-8-16(17)20-18(21)12-22/h3-10,13,22H,11-12H2,1-2H3. The van der Waals surface area contributed by atoms with Crippen molar-refractivity contribution in [1.82, 2.24) is 9.55 Å². The first-order valence-electron chi connectivity index (χ1n) is 7.93. The third-order valence-electron chi connectivity index (χ3n) is 3.72. The molecule has 24 heavy (non-hydrogen) atoms. The topological polar surface area (TPSA) is 64.3 Å². The number of ether oxygens (including phenoxy) is 1. The summed E-state index contributed by atoms with van der Waals surface area (Å²) >= 11 is 0. The van der Waals surface area contributed by atoms with Gasteiger partial charge in [-0.05, 0) is 43.7 Å². The zero-order valence-electron chi connectivity index (χ0n) is 13.8. The number of hydrogen-bond donors (Lipinski definition) is 1. The van der Waals surface area contributed by atoms with Gasteiger partial charge in [-0.3, -0.25) is 0 Å². The number of carbonyl (C=O) groups excluding carboxylic acids is 1. The molecule has 0 bridgehead atoms. The lowest BCUT2D eigenvalue weighted by molar-refractivity contribution is 0.0378. The van der Waals surface area contributed by atoms with Crippen LogP contribution in [0.15, 0.2) is 48.5 Å². The molecular weight excluding hydrogens is 304 g/mol. The maximum absolute atomic E-state index is 12.1. The number of para-hydroxylation sites is 2. The molecule has 1 heterocycles. The number of carbonyl (C=O) groups is 1. The minimum atomic E-state index is -0.329. The van der Waals surface area contributed by atoms with Gasteiger partial charge >= 0.3 is 5.97 Å². The number of hydrogen-bond acceptors (Lipinski definition) is 4. The van der Waals surface area contributed by atoms with E-state index in [9.17, 15) is 9.90 Å². The van der Waals surface area contributed by atoms with E-state index < -0.39 is 0 Å². The summed E-state index contributed by atoms with van der Waals surface area (Å²) in [5, 5.41) is 9.58. The summed E-state index contributed by atoms with van der Waals surface area (Å²) in [7, 11) is 0. The van der Waals surface area contributed by atoms with Gasteiger partial charge in [0.1, 0.15) is 12.4 Å². The quantitative estimate of drug-likeness (QED) is 0.732. The normalized spacial score (nSPS) is 11.2. The molecule has 0 fully saturated rings. The third kappa shape index (κ3) is 3.31. The molecule has 0 atom stereocenters. The summed E-state index contributed by atoms with van der Waals surface area (Å²) in [6.45, 7) is 4.04. The van der Waals surface area contributed by atoms with Crippen molar-refractivity contribution < 1.29 is 14.6 Å². The number of aliphatic hydroxyl groups is 1. The predicted octanol–water partition coefficient (Wildman–Crippen LogP) is 3.14. The molecule has 0 radical (unpaired) electrons. The summed E-state index contributed by atoms with van der Waals surface area (Å²) in [6, 6.07) is 15.1. The van der Waals surface area contributed by atoms with Crippen LogP contribution in [0.1, 0.15) is 35.6 Å². The Hall–Kier alpha value is -2.66. The maximum atomic E-state index is 12.1. The Kier molecular flexibility index (Phi) is 4.62. The molecule has 3 aromatic rings. The summed E-state index contributed by atoms with van der Waals surface area (Å²) in [5.41, 5.74) is 3.27. The van der Waals surface area contributed by atoms with Gasteiger partial charge in [-0.15, -0.1) is 0 Å². The Morgan fingerprint density at radius 1 is 1.21 bits per heavy atom. The fourth-order valence-corrected chi connectivity index (χ4v) is 2.68. The number of aromatic nitrogens is 2. The van der Waals surface area contributed by atoms with Crippen LogP contribution in [0, 0.1) is 0 Å². The Morgan fingerprint density at radius 2 is 2.00 bits per heavy atom. The molecule has 0 aliphatic carbocycles. The van der Waals surface area contributed by atoms with Gasteiger partial charge in [0.25, 0.3) is 0 Å². The van der Waals surface area contributed by atoms with E-state index >= 15 is 0 Å². The average Bonchev–Trinajstić information content (AvgIpc) is 2.92. The summed E-state index contributed by atoms with van der Waals surface area (Å²) < 4.78 is 7.20. The van der Waals surface area contributed by atoms with Crippen LogP contribution in [-0.4, -0.2) is 26.7 Å². The molecule has 0 saturated heterocycles. The van der Waals surface area contributed by atoms with Crippen molar-refractivity contribution in [2.45, 2.75) is 33.1 Å². The number of esters is 1. The second kappa shape index (κ2) is 6.84. The first kappa shape index (κ1) is 16.2. The van der Waals surface area contributed by atoms with Gasteiger partial charge in [0.15, 0.2) is 0 Å². The SMILES string of the molecule is CC(C)OC(=O)c1cccc(Cn2c(CO)nc3ccccc32)c1. The largest absolute Gasteiger partial charge is 0.459 e. The minimum absolute atomic E-state index is 0.135. The highest BCUT2D eigenvalue weighted by Crippen LogP contribution is 2.19. The van der Waals surface area contributed by atoms with E-state index in [1.54, 1.807) is 6.07 Å². The van der Waals surface area contributed by atoms with E-state index in [2.05, 4.69) is 4.98 Å². The van der Waals surface area contributed by atoms with Crippen molar-refractivity contribution >= 4 is 17.0 Å². The number of aliphatic hydroxyl groups excluding tert-OH is 1. The number of rotatable bonds is 5. The summed E-state index contributed by atoms with van der Waals surface area (Å²) in [6.07, 6.45) is -0.153. The molecule has 124 valence electrons. The Balaban J connectivity index is 1.93. The second-order valence-corrected chi connectivity index (χ2v) is 5.92. The van der Waals surface area contributed by atoms with E-state index in [1.807, 2.05) is 60.9 Å². The zero-order valence-corrected chi connectivity index (χ0v) is 13.8. The van der Waals surface area contributed by atoms with E-state index in [4.69, 9.17) is 4.74 Å². The van der Waals surface area contributed by atoms with Gasteiger partial charge in [0, 0.05) is 6.54 Å². The second-order valence-electron chi connectivity index (χ2n) is 5.92. The van der Waals surface area contributed by atoms with Crippen LogP contribution < -0.4 is 0 Å². The molecule has 5 heteroatoms. The number of nitrogens with zero attached hydrogens (tertiary/aromatic N) is 2. The molecule has 0 aliphatic rings. The lowest BCUT2D eigenvalue weighted by Crippen LogP contribution is -2.12. The van der Waals surface area contributed by atoms with Crippen molar-refractivity contribution in [3.63, 3.8) is 0 Å². The van der Waals surface area contributed by atoms with Crippen molar-refractivity contribution in [1.29, 1.82) is 0 Å². The van der Waals surface area contributed by atoms with Crippen LogP contribution in [0.4, 0.5) is 0 Å². The van der Waals surface area contributed by atoms with Crippen LogP contribution in [0.5, 0.6) is 0 Å². The first-order valence-corrected chi connectivity index (χ1v) is 7.93. The molecule has 0 saturated carbocycles. The predicted molar refractivity (Wildman–Crippen MR) is 91.8 cm³/mol. The maximum Gasteiger partial charge on any atom is 0.338 e. The molecular formula is C19H20N2O3. The van der Waals surface area contributed by atoms with Crippen molar-refractivity contribution in [2.24, 2.45) is 0 Å². The number of imidazole rings is 1. The third-order valence-corrected chi connectivity index (χ3v) is 3.72. The number of benzene rings is 2. The Labute approximate surface area is 140 Å². The highest BCUT2D eigenvalue weighted by atomic mass is 16.5. The summed E-state index contributed by atoms with van der Waals surface area (Å²) in [4.78, 5) is 16.5. The van der Waals surface area contributed by atoms with E-state index in [1.165, 1.54) is 0 Å². The Bertz CT molecular complexity index is 868. The van der Waals surface area contributed by atoms with Crippen LogP contribution >= 0.6 is 0 Å². The van der Waals surface area contributed by atoms with Gasteiger partial charge < -0.3 is 14.4 Å². The van der Waals surface area contributed by atoms with Crippen LogP contribution in [-0.2, 0) is 17.9 Å². The van der Waals surface area contributed by atoms with Gasteiger partial charge in [0.2, 0.25) is 0 Å². The highest BCUT2D eigenvalue weighted by molar-refractivity contribution is 5.89. The van der Waals surface area contributed by atoms with Gasteiger partial charge in [-0.2, -0.15) is 0 Å². The molecule has 0 spiro atoms. The van der Waals surface area contributed by atoms with Crippen LogP contribution in [0.3, 0.4) is 0 Å². The first-order chi connectivity index (χ1) is 11.6. The lowest BCUT2D eigenvalue weighted by Gasteiger charge is -2.11. The van der Waals surface area contributed by atoms with Crippen molar-refractivity contribution in [3.05, 3.63) is 65.5 Å². The minimum Gasteiger partial charge on any atom is -0.459 e.